The number of nitrogens with zero attached hydrogens (tertiary/aromatic N) is 1. The minimum Gasteiger partial charge on any atom is -0.322 e. The van der Waals surface area contributed by atoms with E-state index < -0.39 is 10.0 Å². The van der Waals surface area contributed by atoms with E-state index in [-0.39, 0.29) is 10.8 Å². The maximum atomic E-state index is 12.8. The molecule has 4 aromatic carbocycles. The van der Waals surface area contributed by atoms with Crippen molar-refractivity contribution in [1.29, 1.82) is 0 Å². The lowest BCUT2D eigenvalue weighted by Gasteiger charge is -2.28. The third-order valence-electron chi connectivity index (χ3n) is 6.88. The maximum absolute atomic E-state index is 12.8. The van der Waals surface area contributed by atoms with Crippen LogP contribution in [-0.4, -0.2) is 25.8 Å². The third kappa shape index (κ3) is 5.96. The normalized spacial score (nSPS) is 13.5. The Morgan fingerprint density at radius 3 is 2.29 bits per heavy atom. The summed E-state index contributed by atoms with van der Waals surface area (Å²) in [6.07, 6.45) is 1.05. The molecule has 0 saturated heterocycles. The molecule has 0 aliphatic carbocycles. The number of aryl methyl sites for hydroxylation is 2. The van der Waals surface area contributed by atoms with Crippen molar-refractivity contribution < 1.29 is 13.2 Å². The van der Waals surface area contributed by atoms with Gasteiger partial charge in [0.25, 0.3) is 15.9 Å². The molecule has 194 valence electrons. The van der Waals surface area contributed by atoms with Gasteiger partial charge in [0.15, 0.2) is 0 Å². The lowest BCUT2D eigenvalue weighted by molar-refractivity contribution is 0.102. The number of fused-ring (bicyclic) bond motifs is 1. The van der Waals surface area contributed by atoms with Crippen LogP contribution in [0.2, 0.25) is 0 Å². The largest absolute Gasteiger partial charge is 0.322 e. The minimum absolute atomic E-state index is 0.125. The van der Waals surface area contributed by atoms with Gasteiger partial charge in [0.05, 0.1) is 10.6 Å². The van der Waals surface area contributed by atoms with Crippen molar-refractivity contribution in [2.75, 3.05) is 16.6 Å². The maximum Gasteiger partial charge on any atom is 0.261 e. The van der Waals surface area contributed by atoms with Gasteiger partial charge < -0.3 is 5.32 Å². The van der Waals surface area contributed by atoms with E-state index in [4.69, 9.17) is 0 Å². The first-order valence-corrected chi connectivity index (χ1v) is 14.1. The molecule has 0 atom stereocenters. The fourth-order valence-corrected chi connectivity index (χ4v) is 5.89. The lowest BCUT2D eigenvalue weighted by Crippen LogP contribution is -2.29. The second-order valence-electron chi connectivity index (χ2n) is 9.83. The first kappa shape index (κ1) is 25.7. The van der Waals surface area contributed by atoms with E-state index in [0.717, 1.165) is 42.7 Å². The molecule has 0 bridgehead atoms. The Bertz CT molecular complexity index is 1560. The molecule has 4 aromatic rings. The number of benzene rings is 4. The Morgan fingerprint density at radius 1 is 0.868 bits per heavy atom. The Labute approximate surface area is 224 Å². The number of sulfonamides is 1. The van der Waals surface area contributed by atoms with Gasteiger partial charge in [-0.1, -0.05) is 54.1 Å². The van der Waals surface area contributed by atoms with Crippen molar-refractivity contribution in [3.05, 3.63) is 124 Å². The summed E-state index contributed by atoms with van der Waals surface area (Å²) in [5.41, 5.74) is 7.50. The Hall–Kier alpha value is -3.94. The number of hydrogen-bond donors (Lipinski definition) is 2. The Morgan fingerprint density at radius 2 is 1.58 bits per heavy atom. The van der Waals surface area contributed by atoms with Crippen molar-refractivity contribution in [1.82, 2.24) is 4.90 Å². The van der Waals surface area contributed by atoms with Gasteiger partial charge in [-0.25, -0.2) is 8.42 Å². The SMILES string of the molecule is Cc1ccc(NS(=O)(=O)c2ccc(NC(=O)c3ccc(CN4CCc5ccccc5C4)cc3)cc2)c(C)c1. The van der Waals surface area contributed by atoms with Gasteiger partial charge in [-0.15, -0.1) is 0 Å². The fourth-order valence-electron chi connectivity index (χ4n) is 4.76. The number of anilines is 2. The van der Waals surface area contributed by atoms with E-state index in [1.54, 1.807) is 18.2 Å². The van der Waals surface area contributed by atoms with Crippen LogP contribution in [0.25, 0.3) is 0 Å². The van der Waals surface area contributed by atoms with Crippen LogP contribution < -0.4 is 10.0 Å². The molecule has 0 saturated carbocycles. The number of amides is 1. The van der Waals surface area contributed by atoms with E-state index >= 15 is 0 Å². The highest BCUT2D eigenvalue weighted by atomic mass is 32.2. The first-order chi connectivity index (χ1) is 18.3. The highest BCUT2D eigenvalue weighted by Crippen LogP contribution is 2.23. The van der Waals surface area contributed by atoms with E-state index in [9.17, 15) is 13.2 Å². The van der Waals surface area contributed by atoms with Gasteiger partial charge in [0.2, 0.25) is 0 Å². The zero-order valence-electron chi connectivity index (χ0n) is 21.6. The van der Waals surface area contributed by atoms with Gasteiger partial charge in [0, 0.05) is 30.9 Å². The average Bonchev–Trinajstić information content (AvgIpc) is 2.91. The molecule has 6 nitrogen and oxygen atoms in total. The summed E-state index contributed by atoms with van der Waals surface area (Å²) in [4.78, 5) is 15.3. The van der Waals surface area contributed by atoms with Crippen molar-refractivity contribution in [2.24, 2.45) is 0 Å². The second-order valence-corrected chi connectivity index (χ2v) is 11.5. The van der Waals surface area contributed by atoms with Crippen LogP contribution in [0, 0.1) is 13.8 Å². The summed E-state index contributed by atoms with van der Waals surface area (Å²) in [5, 5.41) is 2.85. The summed E-state index contributed by atoms with van der Waals surface area (Å²) in [6.45, 7) is 6.61. The van der Waals surface area contributed by atoms with Gasteiger partial charge in [-0.3, -0.25) is 14.4 Å². The molecular weight excluding hydrogens is 494 g/mol. The highest BCUT2D eigenvalue weighted by molar-refractivity contribution is 7.92. The molecule has 2 N–H and O–H groups in total. The van der Waals surface area contributed by atoms with Crippen LogP contribution in [-0.2, 0) is 29.5 Å². The predicted octanol–water partition coefficient (Wildman–Crippen LogP) is 5.91. The minimum atomic E-state index is -3.75. The molecule has 5 rings (SSSR count). The van der Waals surface area contributed by atoms with Crippen LogP contribution in [0.1, 0.15) is 38.2 Å². The van der Waals surface area contributed by atoms with Gasteiger partial charge in [0.1, 0.15) is 0 Å². The summed E-state index contributed by atoms with van der Waals surface area (Å²) < 4.78 is 28.3. The molecular formula is C31H31N3O3S. The lowest BCUT2D eigenvalue weighted by atomic mass is 9.99. The fraction of sp³-hybridized carbons (Fsp3) is 0.194. The summed E-state index contributed by atoms with van der Waals surface area (Å²) in [7, 11) is -3.75. The van der Waals surface area contributed by atoms with Crippen LogP contribution in [0.3, 0.4) is 0 Å². The number of carbonyl (C=O) groups excluding carboxylic acids is 1. The second kappa shape index (κ2) is 10.8. The topological polar surface area (TPSA) is 78.5 Å². The van der Waals surface area contributed by atoms with Gasteiger partial charge >= 0.3 is 0 Å². The average molecular weight is 526 g/mol. The van der Waals surface area contributed by atoms with Gasteiger partial charge in [-0.05, 0) is 85.0 Å². The molecule has 1 amide bonds. The van der Waals surface area contributed by atoms with Gasteiger partial charge in [-0.2, -0.15) is 0 Å². The van der Waals surface area contributed by atoms with Crippen molar-refractivity contribution in [3.63, 3.8) is 0 Å². The summed E-state index contributed by atoms with van der Waals surface area (Å²) in [6, 6.07) is 27.9. The molecule has 7 heteroatoms. The Balaban J connectivity index is 1.18. The monoisotopic (exact) mass is 525 g/mol. The highest BCUT2D eigenvalue weighted by Gasteiger charge is 2.17. The molecule has 0 unspecified atom stereocenters. The molecule has 0 spiro atoms. The van der Waals surface area contributed by atoms with Crippen LogP contribution in [0.15, 0.2) is 95.9 Å². The molecule has 0 fully saturated rings. The van der Waals surface area contributed by atoms with Crippen LogP contribution in [0.4, 0.5) is 11.4 Å². The van der Waals surface area contributed by atoms with Crippen molar-refractivity contribution >= 4 is 27.3 Å². The zero-order chi connectivity index (χ0) is 26.7. The van der Waals surface area contributed by atoms with E-state index in [2.05, 4.69) is 39.2 Å². The molecule has 38 heavy (non-hydrogen) atoms. The number of nitrogens with one attached hydrogen (secondary N) is 2. The molecule has 1 aliphatic rings. The first-order valence-electron chi connectivity index (χ1n) is 12.7. The van der Waals surface area contributed by atoms with E-state index in [1.807, 2.05) is 50.2 Å². The third-order valence-corrected chi connectivity index (χ3v) is 8.26. The number of hydrogen-bond acceptors (Lipinski definition) is 4. The Kier molecular flexibility index (Phi) is 7.31. The van der Waals surface area contributed by atoms with Crippen LogP contribution in [0.5, 0.6) is 0 Å². The standard InChI is InChI=1S/C31H31N3O3S/c1-22-7-16-30(23(2)19-22)33-38(36,37)29-14-12-28(13-15-29)32-31(35)26-10-8-24(9-11-26)20-34-18-17-25-5-3-4-6-27(25)21-34/h3-16,19,33H,17-18,20-21H2,1-2H3,(H,32,35). The molecule has 1 heterocycles. The number of rotatable bonds is 7. The smallest absolute Gasteiger partial charge is 0.261 e. The predicted molar refractivity (Wildman–Crippen MR) is 152 cm³/mol. The zero-order valence-corrected chi connectivity index (χ0v) is 22.4. The summed E-state index contributed by atoms with van der Waals surface area (Å²) in [5.74, 6) is -0.243. The summed E-state index contributed by atoms with van der Waals surface area (Å²) >= 11 is 0. The number of carbonyl (C=O) groups is 1. The molecule has 0 radical (unpaired) electrons. The molecule has 0 aromatic heterocycles. The van der Waals surface area contributed by atoms with Crippen molar-refractivity contribution in [3.8, 4) is 0 Å². The van der Waals surface area contributed by atoms with Crippen molar-refractivity contribution in [2.45, 2.75) is 38.3 Å². The molecule has 1 aliphatic heterocycles. The van der Waals surface area contributed by atoms with E-state index in [0.29, 0.717) is 16.9 Å². The van der Waals surface area contributed by atoms with Crippen LogP contribution >= 0.6 is 0 Å². The van der Waals surface area contributed by atoms with E-state index in [1.165, 1.54) is 23.3 Å². The quantitative estimate of drug-likeness (QED) is 0.314.